The van der Waals surface area contributed by atoms with E-state index in [1.54, 1.807) is 0 Å². The van der Waals surface area contributed by atoms with E-state index in [0.717, 1.165) is 63.0 Å². The minimum absolute atomic E-state index is 0.116. The molecule has 2 nitrogen and oxygen atoms in total. The number of rotatable bonds is 8. The third kappa shape index (κ3) is 6.42. The number of furan rings is 1. The molecule has 14 rings (SSSR count). The zero-order valence-electron chi connectivity index (χ0n) is 40.4. The lowest BCUT2D eigenvalue weighted by Gasteiger charge is -2.34. The van der Waals surface area contributed by atoms with E-state index >= 15 is 0 Å². The van der Waals surface area contributed by atoms with Crippen LogP contribution in [-0.2, 0) is 10.8 Å². The minimum atomic E-state index is -0.555. The maximum Gasteiger partial charge on any atom is 0.143 e. The van der Waals surface area contributed by atoms with Gasteiger partial charge in [0.15, 0.2) is 0 Å². The number of hydrogen-bond donors (Lipinski definition) is 0. The molecule has 1 aromatic heterocycles. The number of hydrogen-bond acceptors (Lipinski definition) is 2. The molecular formula is C70H51NO. The van der Waals surface area contributed by atoms with Gasteiger partial charge in [-0.3, -0.25) is 0 Å². The van der Waals surface area contributed by atoms with Gasteiger partial charge in [-0.1, -0.05) is 214 Å². The smallest absolute Gasteiger partial charge is 0.143 e. The van der Waals surface area contributed by atoms with Crippen molar-refractivity contribution in [3.05, 3.63) is 288 Å². The first-order valence-electron chi connectivity index (χ1n) is 25.4. The van der Waals surface area contributed by atoms with Gasteiger partial charge in [0.05, 0.1) is 5.41 Å². The van der Waals surface area contributed by atoms with Gasteiger partial charge in [-0.15, -0.1) is 0 Å². The molecule has 0 bridgehead atoms. The Morgan fingerprint density at radius 3 is 1.72 bits per heavy atom. The van der Waals surface area contributed by atoms with E-state index in [-0.39, 0.29) is 5.41 Å². The lowest BCUT2D eigenvalue weighted by molar-refractivity contribution is 0.660. The normalized spacial score (nSPS) is 16.0. The second-order valence-corrected chi connectivity index (χ2v) is 20.2. The zero-order valence-corrected chi connectivity index (χ0v) is 40.4. The van der Waals surface area contributed by atoms with Crippen LogP contribution in [0, 0.1) is 0 Å². The molecule has 11 aromatic rings. The molecule has 0 radical (unpaired) electrons. The van der Waals surface area contributed by atoms with Crippen LogP contribution in [0.4, 0.5) is 17.1 Å². The van der Waals surface area contributed by atoms with Crippen LogP contribution in [0.1, 0.15) is 65.6 Å². The van der Waals surface area contributed by atoms with Crippen molar-refractivity contribution in [1.29, 1.82) is 0 Å². The molecule has 0 saturated carbocycles. The van der Waals surface area contributed by atoms with Crippen LogP contribution in [0.15, 0.2) is 253 Å². The molecule has 72 heavy (non-hydrogen) atoms. The molecule has 2 heteroatoms. The SMILES string of the molecule is CC1(C)c2ccccc2-c2ccc(N(c3ccc(C4=CCCC=C4)cc3)c3ccc(-c4ccc5c(c4)C(c4ccccc4)(c4ccc(-c6cccc7c6oc6ccccc67)cc4)c4ccccc4-5)cc3)cc21. The minimum Gasteiger partial charge on any atom is -0.455 e. The summed E-state index contributed by atoms with van der Waals surface area (Å²) in [6.45, 7) is 4.73. The first-order valence-corrected chi connectivity index (χ1v) is 25.4. The summed E-state index contributed by atoms with van der Waals surface area (Å²) in [6, 6.07) is 85.6. The molecule has 1 unspecified atom stereocenters. The van der Waals surface area contributed by atoms with Gasteiger partial charge in [0.2, 0.25) is 0 Å². The van der Waals surface area contributed by atoms with Gasteiger partial charge in [0.1, 0.15) is 11.2 Å². The topological polar surface area (TPSA) is 16.4 Å². The fraction of sp³-hybridized carbons (Fsp3) is 0.0857. The molecule has 0 amide bonds. The standard InChI is InChI=1S/C70H51NO/c1-69(2)63-25-12-9-20-57(63)59-43-41-55(45-65(59)69)71(53-37-30-47(31-38-53)46-16-5-3-6-17-46)54-39-32-48(33-40-54)50-34-42-60-58-21-10-13-26-64(58)70(66(60)44-50,51-18-7-4-8-19-51)52-35-28-49(29-36-52)56-23-15-24-62-61-22-11-14-27-67(61)72-68(56)62/h4-5,7-45H,3,6H2,1-2H3. The van der Waals surface area contributed by atoms with E-state index in [9.17, 15) is 0 Å². The third-order valence-corrected chi connectivity index (χ3v) is 16.0. The summed E-state index contributed by atoms with van der Waals surface area (Å²) in [5.74, 6) is 0. The van der Waals surface area contributed by atoms with Gasteiger partial charge in [-0.05, 0) is 145 Å². The summed E-state index contributed by atoms with van der Waals surface area (Å²) in [7, 11) is 0. The molecular weight excluding hydrogens is 871 g/mol. The molecule has 0 fully saturated rings. The summed E-state index contributed by atoms with van der Waals surface area (Å²) in [5, 5.41) is 2.28. The summed E-state index contributed by atoms with van der Waals surface area (Å²) in [6.07, 6.45) is 9.09. The highest BCUT2D eigenvalue weighted by Crippen LogP contribution is 2.57. The van der Waals surface area contributed by atoms with Crippen molar-refractivity contribution in [3.63, 3.8) is 0 Å². The van der Waals surface area contributed by atoms with Crippen LogP contribution < -0.4 is 4.90 Å². The predicted molar refractivity (Wildman–Crippen MR) is 300 cm³/mol. The Labute approximate surface area is 421 Å². The molecule has 3 aliphatic carbocycles. The van der Waals surface area contributed by atoms with E-state index in [1.165, 1.54) is 77.9 Å². The van der Waals surface area contributed by atoms with E-state index in [4.69, 9.17) is 4.42 Å². The van der Waals surface area contributed by atoms with Crippen LogP contribution in [-0.4, -0.2) is 0 Å². The highest BCUT2D eigenvalue weighted by molar-refractivity contribution is 6.09. The summed E-state index contributed by atoms with van der Waals surface area (Å²) in [5.41, 5.74) is 24.7. The van der Waals surface area contributed by atoms with E-state index in [1.807, 2.05) is 6.07 Å². The molecule has 0 N–H and O–H groups in total. The van der Waals surface area contributed by atoms with Crippen molar-refractivity contribution in [3.8, 4) is 44.5 Å². The third-order valence-electron chi connectivity index (χ3n) is 16.0. The number of benzene rings is 10. The van der Waals surface area contributed by atoms with Crippen molar-refractivity contribution in [2.75, 3.05) is 4.90 Å². The van der Waals surface area contributed by atoms with Crippen LogP contribution in [0.5, 0.6) is 0 Å². The Kier molecular flexibility index (Phi) is 9.63. The van der Waals surface area contributed by atoms with Crippen LogP contribution in [0.3, 0.4) is 0 Å². The monoisotopic (exact) mass is 921 g/mol. The number of nitrogens with zero attached hydrogens (tertiary/aromatic N) is 1. The number of fused-ring (bicyclic) bond motifs is 9. The Morgan fingerprint density at radius 2 is 0.958 bits per heavy atom. The Bertz CT molecular complexity index is 3980. The number of anilines is 3. The number of para-hydroxylation sites is 2. The molecule has 0 spiro atoms. The summed E-state index contributed by atoms with van der Waals surface area (Å²) < 4.78 is 6.52. The molecule has 0 saturated heterocycles. The summed E-state index contributed by atoms with van der Waals surface area (Å²) >= 11 is 0. The Hall–Kier alpha value is -8.72. The van der Waals surface area contributed by atoms with Gasteiger partial charge in [0, 0.05) is 38.8 Å². The van der Waals surface area contributed by atoms with Crippen LogP contribution in [0.25, 0.3) is 72.0 Å². The van der Waals surface area contributed by atoms with Crippen LogP contribution >= 0.6 is 0 Å². The predicted octanol–water partition coefficient (Wildman–Crippen LogP) is 18.8. The summed E-state index contributed by atoms with van der Waals surface area (Å²) in [4.78, 5) is 2.43. The maximum atomic E-state index is 6.52. The first kappa shape index (κ1) is 42.2. The average molecular weight is 922 g/mol. The van der Waals surface area contributed by atoms with E-state index < -0.39 is 5.41 Å². The molecule has 1 atom stereocenters. The van der Waals surface area contributed by atoms with E-state index in [2.05, 4.69) is 261 Å². The van der Waals surface area contributed by atoms with Crippen molar-refractivity contribution in [1.82, 2.24) is 0 Å². The van der Waals surface area contributed by atoms with Crippen molar-refractivity contribution in [2.24, 2.45) is 0 Å². The van der Waals surface area contributed by atoms with Gasteiger partial charge in [0.25, 0.3) is 0 Å². The number of allylic oxidation sites excluding steroid dienone is 4. The highest BCUT2D eigenvalue weighted by atomic mass is 16.3. The van der Waals surface area contributed by atoms with Crippen molar-refractivity contribution < 1.29 is 4.42 Å². The highest BCUT2D eigenvalue weighted by Gasteiger charge is 2.46. The van der Waals surface area contributed by atoms with E-state index in [0.29, 0.717) is 0 Å². The van der Waals surface area contributed by atoms with Gasteiger partial charge in [-0.2, -0.15) is 0 Å². The Morgan fingerprint density at radius 1 is 0.389 bits per heavy atom. The van der Waals surface area contributed by atoms with Gasteiger partial charge >= 0.3 is 0 Å². The molecule has 0 aliphatic heterocycles. The van der Waals surface area contributed by atoms with Crippen molar-refractivity contribution >= 4 is 44.6 Å². The first-order chi connectivity index (χ1) is 35.4. The Balaban J connectivity index is 0.879. The lowest BCUT2D eigenvalue weighted by atomic mass is 9.67. The lowest BCUT2D eigenvalue weighted by Crippen LogP contribution is -2.28. The molecule has 342 valence electrons. The van der Waals surface area contributed by atoms with Gasteiger partial charge in [-0.25, -0.2) is 0 Å². The fourth-order valence-corrected chi connectivity index (χ4v) is 12.5. The quantitative estimate of drug-likeness (QED) is 0.151. The fourth-order valence-electron chi connectivity index (χ4n) is 12.5. The molecule has 1 heterocycles. The molecule has 10 aromatic carbocycles. The molecule has 3 aliphatic rings. The maximum absolute atomic E-state index is 6.52. The second-order valence-electron chi connectivity index (χ2n) is 20.2. The zero-order chi connectivity index (χ0) is 48.0. The largest absolute Gasteiger partial charge is 0.455 e. The average Bonchev–Trinajstić information content (AvgIpc) is 4.06. The second kappa shape index (κ2) is 16.4. The van der Waals surface area contributed by atoms with Crippen LogP contribution in [0.2, 0.25) is 0 Å². The van der Waals surface area contributed by atoms with Gasteiger partial charge < -0.3 is 9.32 Å². The van der Waals surface area contributed by atoms with Crippen molar-refractivity contribution in [2.45, 2.75) is 37.5 Å².